The highest BCUT2D eigenvalue weighted by atomic mass is 16.6. The van der Waals surface area contributed by atoms with Crippen LogP contribution in [-0.2, 0) is 41.6 Å². The third kappa shape index (κ3) is 13.3. The smallest absolute Gasteiger partial charge is 0.337 e. The first-order valence-electron chi connectivity index (χ1n) is 20.2. The van der Waals surface area contributed by atoms with Gasteiger partial charge < -0.3 is 19.1 Å². The van der Waals surface area contributed by atoms with Crippen LogP contribution in [0.5, 0.6) is 0 Å². The molecule has 8 heteroatoms. The van der Waals surface area contributed by atoms with E-state index in [0.717, 1.165) is 38.6 Å². The number of ether oxygens (including phenoxy) is 3. The van der Waals surface area contributed by atoms with E-state index in [0.29, 0.717) is 12.0 Å². The van der Waals surface area contributed by atoms with Crippen molar-refractivity contribution in [3.05, 3.63) is 155 Å². The maximum atomic E-state index is 14.9. The zero-order valence-corrected chi connectivity index (χ0v) is 35.6. The Balaban J connectivity index is 1.56. The summed E-state index contributed by atoms with van der Waals surface area (Å²) < 4.78 is 16.4. The van der Waals surface area contributed by atoms with Crippen molar-refractivity contribution in [2.24, 2.45) is 5.92 Å². The Kier molecular flexibility index (Phi) is 14.7. The van der Waals surface area contributed by atoms with Crippen molar-refractivity contribution in [3.8, 4) is 0 Å². The molecule has 0 aliphatic heterocycles. The van der Waals surface area contributed by atoms with E-state index in [-0.39, 0.29) is 31.2 Å². The molecule has 5 rings (SSSR count). The molecule has 59 heavy (non-hydrogen) atoms. The third-order valence-electron chi connectivity index (χ3n) is 9.99. The molecule has 0 aliphatic rings. The lowest BCUT2D eigenvalue weighted by atomic mass is 9.84. The highest BCUT2D eigenvalue weighted by molar-refractivity contribution is 5.89. The molecule has 3 atom stereocenters. The summed E-state index contributed by atoms with van der Waals surface area (Å²) in [6, 6.07) is 39.5. The molecule has 0 heterocycles. The van der Waals surface area contributed by atoms with Crippen LogP contribution in [0.4, 0.5) is 0 Å². The third-order valence-corrected chi connectivity index (χ3v) is 9.99. The second-order valence-electron chi connectivity index (χ2n) is 17.1. The SMILES string of the molecule is COC(=O)c1ccc(C(Cc2cccc(C=Cc3ccccc3)c2)C(C)N(Cc2ccc3ccccc3c2)C(=O)C[C@H](CC(=O)OC(C)(C)C)C(=O)OC(C)(C)C)cc1. The van der Waals surface area contributed by atoms with Crippen LogP contribution in [-0.4, -0.2) is 53.1 Å². The van der Waals surface area contributed by atoms with E-state index in [1.807, 2.05) is 84.6 Å². The predicted molar refractivity (Wildman–Crippen MR) is 234 cm³/mol. The largest absolute Gasteiger partial charge is 0.465 e. The van der Waals surface area contributed by atoms with E-state index >= 15 is 0 Å². The van der Waals surface area contributed by atoms with E-state index in [4.69, 9.17) is 14.2 Å². The highest BCUT2D eigenvalue weighted by Gasteiger charge is 2.36. The lowest BCUT2D eigenvalue weighted by Gasteiger charge is -2.36. The van der Waals surface area contributed by atoms with Gasteiger partial charge >= 0.3 is 17.9 Å². The van der Waals surface area contributed by atoms with Crippen LogP contribution in [0.1, 0.15) is 105 Å². The molecule has 0 aromatic heterocycles. The Bertz CT molecular complexity index is 2250. The Morgan fingerprint density at radius 2 is 1.27 bits per heavy atom. The Morgan fingerprint density at radius 1 is 0.644 bits per heavy atom. The molecule has 0 radical (unpaired) electrons. The van der Waals surface area contributed by atoms with Crippen LogP contribution in [0.2, 0.25) is 0 Å². The lowest BCUT2D eigenvalue weighted by Crippen LogP contribution is -2.44. The van der Waals surface area contributed by atoms with Crippen LogP contribution >= 0.6 is 0 Å². The maximum Gasteiger partial charge on any atom is 0.337 e. The number of amides is 1. The van der Waals surface area contributed by atoms with Crippen molar-refractivity contribution >= 4 is 46.7 Å². The fraction of sp³-hybridized carbons (Fsp3) is 0.333. The standard InChI is InChI=1S/C51H57NO7/c1-35(45(41-25-27-42(28-26-41)48(55)57-8)31-38-18-14-17-37(29-38)22-21-36-15-10-9-11-16-36)52(34-39-23-24-40-19-12-13-20-43(40)30-39)46(53)32-44(49(56)59-51(5,6)7)33-47(54)58-50(2,3)4/h9-30,35,44-45H,31-34H2,1-8H3/t35?,44-,45?/m1/s1. The number of rotatable bonds is 15. The zero-order valence-electron chi connectivity index (χ0n) is 35.6. The highest BCUT2D eigenvalue weighted by Crippen LogP contribution is 2.32. The average Bonchev–Trinajstić information content (AvgIpc) is 3.19. The average molecular weight is 796 g/mol. The first kappa shape index (κ1) is 44.1. The van der Waals surface area contributed by atoms with Crippen molar-refractivity contribution in [2.75, 3.05) is 7.11 Å². The normalized spacial score (nSPS) is 13.4. The number of hydrogen-bond donors (Lipinski definition) is 0. The molecule has 0 spiro atoms. The predicted octanol–water partition coefficient (Wildman–Crippen LogP) is 10.6. The van der Waals surface area contributed by atoms with Crippen LogP contribution in [0.25, 0.3) is 22.9 Å². The molecule has 0 bridgehead atoms. The summed E-state index contributed by atoms with van der Waals surface area (Å²) in [6.07, 6.45) is 4.14. The van der Waals surface area contributed by atoms with Crippen LogP contribution in [0, 0.1) is 5.92 Å². The van der Waals surface area contributed by atoms with Crippen LogP contribution in [0.15, 0.2) is 121 Å². The van der Waals surface area contributed by atoms with Gasteiger partial charge in [-0.25, -0.2) is 4.79 Å². The van der Waals surface area contributed by atoms with Gasteiger partial charge in [0, 0.05) is 24.9 Å². The van der Waals surface area contributed by atoms with Crippen molar-refractivity contribution in [1.82, 2.24) is 4.90 Å². The van der Waals surface area contributed by atoms with E-state index in [2.05, 4.69) is 48.6 Å². The molecule has 0 fully saturated rings. The number of hydrogen-bond acceptors (Lipinski definition) is 7. The van der Waals surface area contributed by atoms with E-state index < -0.39 is 41.1 Å². The first-order valence-corrected chi connectivity index (χ1v) is 20.2. The van der Waals surface area contributed by atoms with Gasteiger partial charge in [0.05, 0.1) is 25.0 Å². The minimum Gasteiger partial charge on any atom is -0.465 e. The molecule has 308 valence electrons. The molecule has 0 saturated heterocycles. The number of fused-ring (bicyclic) bond motifs is 1. The van der Waals surface area contributed by atoms with Gasteiger partial charge in [-0.15, -0.1) is 0 Å². The van der Waals surface area contributed by atoms with Crippen molar-refractivity contribution in [3.63, 3.8) is 0 Å². The molecule has 0 saturated carbocycles. The van der Waals surface area contributed by atoms with Crippen molar-refractivity contribution in [1.29, 1.82) is 0 Å². The molecular formula is C51H57NO7. The topological polar surface area (TPSA) is 99.2 Å². The van der Waals surface area contributed by atoms with Gasteiger partial charge in [-0.3, -0.25) is 14.4 Å². The Hall–Kier alpha value is -6.02. The van der Waals surface area contributed by atoms with Crippen LogP contribution in [0.3, 0.4) is 0 Å². The van der Waals surface area contributed by atoms with Crippen molar-refractivity contribution in [2.45, 2.75) is 97.4 Å². The number of benzene rings is 5. The molecule has 0 aliphatic carbocycles. The number of methoxy groups -OCH3 is 1. The van der Waals surface area contributed by atoms with E-state index in [1.54, 1.807) is 53.7 Å². The fourth-order valence-corrected chi connectivity index (χ4v) is 7.13. The molecular weight excluding hydrogens is 739 g/mol. The Labute approximate surface area is 349 Å². The van der Waals surface area contributed by atoms with Gasteiger partial charge in [0.25, 0.3) is 0 Å². The second kappa shape index (κ2) is 19.6. The Morgan fingerprint density at radius 3 is 1.93 bits per heavy atom. The molecule has 5 aromatic carbocycles. The van der Waals surface area contributed by atoms with Gasteiger partial charge in [-0.05, 0) is 112 Å². The monoisotopic (exact) mass is 795 g/mol. The summed E-state index contributed by atoms with van der Waals surface area (Å²) in [6.45, 7) is 12.8. The molecule has 1 amide bonds. The first-order chi connectivity index (χ1) is 28.0. The number of carbonyl (C=O) groups is 4. The van der Waals surface area contributed by atoms with Gasteiger partial charge in [0.1, 0.15) is 11.2 Å². The minimum atomic E-state index is -1.08. The number of carbonyl (C=O) groups excluding carboxylic acids is 4. The van der Waals surface area contributed by atoms with Gasteiger partial charge in [-0.2, -0.15) is 0 Å². The second-order valence-corrected chi connectivity index (χ2v) is 17.1. The van der Waals surface area contributed by atoms with E-state index in [9.17, 15) is 19.2 Å². The number of esters is 3. The number of nitrogens with zero attached hydrogens (tertiary/aromatic N) is 1. The summed E-state index contributed by atoms with van der Waals surface area (Å²) in [5.74, 6) is -3.30. The summed E-state index contributed by atoms with van der Waals surface area (Å²) in [5, 5.41) is 2.12. The molecule has 2 unspecified atom stereocenters. The van der Waals surface area contributed by atoms with Gasteiger partial charge in [0.15, 0.2) is 0 Å². The zero-order chi connectivity index (χ0) is 42.7. The maximum absolute atomic E-state index is 14.9. The van der Waals surface area contributed by atoms with E-state index in [1.165, 1.54) is 7.11 Å². The fourth-order valence-electron chi connectivity index (χ4n) is 7.13. The summed E-state index contributed by atoms with van der Waals surface area (Å²) >= 11 is 0. The molecule has 5 aromatic rings. The van der Waals surface area contributed by atoms with Crippen molar-refractivity contribution < 1.29 is 33.4 Å². The summed E-state index contributed by atoms with van der Waals surface area (Å²) in [7, 11) is 1.35. The molecule has 8 nitrogen and oxygen atoms in total. The van der Waals surface area contributed by atoms with Gasteiger partial charge in [0.2, 0.25) is 5.91 Å². The van der Waals surface area contributed by atoms with Crippen LogP contribution < -0.4 is 0 Å². The van der Waals surface area contributed by atoms with Gasteiger partial charge in [-0.1, -0.05) is 115 Å². The summed E-state index contributed by atoms with van der Waals surface area (Å²) in [4.78, 5) is 56.1. The lowest BCUT2D eigenvalue weighted by molar-refractivity contribution is -0.168. The minimum absolute atomic E-state index is 0.245. The molecule has 0 N–H and O–H groups in total. The quantitative estimate of drug-likeness (QED) is 0.0591. The summed E-state index contributed by atoms with van der Waals surface area (Å²) in [5.41, 5.74) is 3.82.